The minimum atomic E-state index is -0.170. The number of ether oxygens (including phenoxy) is 2. The lowest BCUT2D eigenvalue weighted by Crippen LogP contribution is -2.48. The summed E-state index contributed by atoms with van der Waals surface area (Å²) in [7, 11) is 4.94. The van der Waals surface area contributed by atoms with Crippen LogP contribution in [0, 0.1) is 0 Å². The van der Waals surface area contributed by atoms with Gasteiger partial charge >= 0.3 is 0 Å². The number of aryl methyl sites for hydroxylation is 1. The van der Waals surface area contributed by atoms with Crippen molar-refractivity contribution >= 4 is 11.9 Å². The second-order valence-electron chi connectivity index (χ2n) is 5.94. The highest BCUT2D eigenvalue weighted by molar-refractivity contribution is 5.92. The molecule has 1 atom stereocenters. The molecule has 25 heavy (non-hydrogen) atoms. The van der Waals surface area contributed by atoms with Gasteiger partial charge in [0, 0.05) is 32.4 Å². The third kappa shape index (κ3) is 3.98. The van der Waals surface area contributed by atoms with E-state index in [1.54, 1.807) is 37.4 Å². The van der Waals surface area contributed by atoms with E-state index >= 15 is 0 Å². The highest BCUT2D eigenvalue weighted by Gasteiger charge is 2.25. The zero-order valence-electron chi connectivity index (χ0n) is 14.6. The molecule has 0 aromatic carbocycles. The maximum absolute atomic E-state index is 12.3. The van der Waals surface area contributed by atoms with Gasteiger partial charge in [-0.1, -0.05) is 0 Å². The summed E-state index contributed by atoms with van der Waals surface area (Å²) in [5.41, 5.74) is 0.416. The molecule has 2 aromatic rings. The van der Waals surface area contributed by atoms with Gasteiger partial charge in [0.15, 0.2) is 0 Å². The molecule has 1 aliphatic heterocycles. The number of aromatic nitrogens is 4. The molecule has 1 aliphatic rings. The van der Waals surface area contributed by atoms with E-state index in [-0.39, 0.29) is 11.9 Å². The van der Waals surface area contributed by atoms with Gasteiger partial charge in [-0.3, -0.25) is 4.79 Å². The van der Waals surface area contributed by atoms with Crippen LogP contribution in [0.25, 0.3) is 0 Å². The molecule has 1 unspecified atom stereocenters. The maximum atomic E-state index is 12.3. The number of piperidine rings is 1. The largest absolute Gasteiger partial charge is 0.481 e. The highest BCUT2D eigenvalue weighted by atomic mass is 16.5. The first kappa shape index (κ1) is 17.0. The van der Waals surface area contributed by atoms with Gasteiger partial charge in [-0.05, 0) is 12.8 Å². The molecule has 3 heterocycles. The molecule has 1 saturated heterocycles. The lowest BCUT2D eigenvalue weighted by molar-refractivity contribution is 0.0928. The number of amides is 1. The molecule has 3 rings (SSSR count). The van der Waals surface area contributed by atoms with Crippen LogP contribution in [0.5, 0.6) is 11.8 Å². The molecular formula is C16H22N6O3. The van der Waals surface area contributed by atoms with Crippen molar-refractivity contribution < 1.29 is 14.3 Å². The summed E-state index contributed by atoms with van der Waals surface area (Å²) in [5.74, 6) is 1.26. The Morgan fingerprint density at radius 2 is 2.00 bits per heavy atom. The van der Waals surface area contributed by atoms with Crippen molar-refractivity contribution in [2.24, 2.45) is 7.05 Å². The van der Waals surface area contributed by atoms with Gasteiger partial charge in [0.1, 0.15) is 5.69 Å². The second kappa shape index (κ2) is 7.37. The van der Waals surface area contributed by atoms with Crippen molar-refractivity contribution in [3.05, 3.63) is 24.3 Å². The van der Waals surface area contributed by atoms with Crippen molar-refractivity contribution in [2.45, 2.75) is 18.9 Å². The predicted octanol–water partition coefficient (Wildman–Crippen LogP) is 0.626. The van der Waals surface area contributed by atoms with Crippen LogP contribution in [-0.2, 0) is 7.05 Å². The number of carbonyl (C=O) groups excluding carboxylic acids is 1. The summed E-state index contributed by atoms with van der Waals surface area (Å²) in [4.78, 5) is 27.2. The van der Waals surface area contributed by atoms with Crippen molar-refractivity contribution in [1.29, 1.82) is 0 Å². The number of nitrogens with one attached hydrogen (secondary N) is 1. The summed E-state index contributed by atoms with van der Waals surface area (Å²) < 4.78 is 12.2. The minimum Gasteiger partial charge on any atom is -0.481 e. The van der Waals surface area contributed by atoms with E-state index in [1.807, 2.05) is 11.9 Å². The number of nitrogens with zero attached hydrogens (tertiary/aromatic N) is 5. The molecule has 0 aliphatic carbocycles. The Labute approximate surface area is 146 Å². The van der Waals surface area contributed by atoms with E-state index in [0.717, 1.165) is 19.4 Å². The number of imidazole rings is 1. The van der Waals surface area contributed by atoms with Crippen LogP contribution in [0.4, 0.5) is 5.95 Å². The first-order valence-corrected chi connectivity index (χ1v) is 8.10. The fourth-order valence-corrected chi connectivity index (χ4v) is 2.81. The molecule has 1 N–H and O–H groups in total. The maximum Gasteiger partial charge on any atom is 0.271 e. The van der Waals surface area contributed by atoms with Crippen molar-refractivity contribution in [2.75, 3.05) is 32.2 Å². The summed E-state index contributed by atoms with van der Waals surface area (Å²) in [6.45, 7) is 1.43. The lowest BCUT2D eigenvalue weighted by atomic mass is 10.1. The summed E-state index contributed by atoms with van der Waals surface area (Å²) in [6.07, 6.45) is 5.14. The number of rotatable bonds is 5. The summed E-state index contributed by atoms with van der Waals surface area (Å²) >= 11 is 0. The van der Waals surface area contributed by atoms with E-state index in [0.29, 0.717) is 29.9 Å². The normalized spacial score (nSPS) is 17.2. The van der Waals surface area contributed by atoms with Gasteiger partial charge in [0.2, 0.25) is 17.7 Å². The van der Waals surface area contributed by atoms with E-state index < -0.39 is 0 Å². The van der Waals surface area contributed by atoms with Crippen molar-refractivity contribution in [1.82, 2.24) is 24.8 Å². The Hall–Kier alpha value is -2.84. The Balaban J connectivity index is 1.69. The highest BCUT2D eigenvalue weighted by Crippen LogP contribution is 2.23. The molecule has 134 valence electrons. The molecule has 0 bridgehead atoms. The average molecular weight is 346 g/mol. The van der Waals surface area contributed by atoms with E-state index in [1.165, 1.54) is 0 Å². The van der Waals surface area contributed by atoms with Gasteiger partial charge in [0.25, 0.3) is 5.91 Å². The Morgan fingerprint density at radius 1 is 1.28 bits per heavy atom. The fraction of sp³-hybridized carbons (Fsp3) is 0.500. The van der Waals surface area contributed by atoms with E-state index in [4.69, 9.17) is 9.47 Å². The Morgan fingerprint density at radius 3 is 2.60 bits per heavy atom. The standard InChI is InChI=1S/C16H22N6O3/c1-21-9-12(17-10-21)15(23)18-11-5-4-6-22(8-11)16-19-13(24-2)7-14(20-16)25-3/h7,9-11H,4-6,8H2,1-3H3,(H,18,23). The molecular weight excluding hydrogens is 324 g/mol. The fourth-order valence-electron chi connectivity index (χ4n) is 2.81. The topological polar surface area (TPSA) is 94.4 Å². The first-order chi connectivity index (χ1) is 12.1. The van der Waals surface area contributed by atoms with Gasteiger partial charge < -0.3 is 24.3 Å². The predicted molar refractivity (Wildman–Crippen MR) is 91.0 cm³/mol. The molecule has 2 aromatic heterocycles. The molecule has 0 saturated carbocycles. The third-order valence-electron chi connectivity index (χ3n) is 4.06. The van der Waals surface area contributed by atoms with E-state index in [9.17, 15) is 4.79 Å². The second-order valence-corrected chi connectivity index (χ2v) is 5.94. The minimum absolute atomic E-state index is 0.00375. The third-order valence-corrected chi connectivity index (χ3v) is 4.06. The smallest absolute Gasteiger partial charge is 0.271 e. The monoisotopic (exact) mass is 346 g/mol. The van der Waals surface area contributed by atoms with Crippen LogP contribution in [0.1, 0.15) is 23.3 Å². The zero-order chi connectivity index (χ0) is 17.8. The molecule has 1 fully saturated rings. The molecule has 1 amide bonds. The van der Waals surface area contributed by atoms with Gasteiger partial charge in [0.05, 0.1) is 26.6 Å². The van der Waals surface area contributed by atoms with Crippen LogP contribution in [0.15, 0.2) is 18.6 Å². The summed E-state index contributed by atoms with van der Waals surface area (Å²) in [6, 6.07) is 1.64. The molecule has 0 spiro atoms. The lowest BCUT2D eigenvalue weighted by Gasteiger charge is -2.33. The summed E-state index contributed by atoms with van der Waals surface area (Å²) in [5, 5.41) is 3.03. The van der Waals surface area contributed by atoms with Crippen LogP contribution >= 0.6 is 0 Å². The molecule has 9 heteroatoms. The van der Waals surface area contributed by atoms with Crippen LogP contribution in [0.3, 0.4) is 0 Å². The van der Waals surface area contributed by atoms with Gasteiger partial charge in [-0.2, -0.15) is 9.97 Å². The number of carbonyl (C=O) groups is 1. The SMILES string of the molecule is COc1cc(OC)nc(N2CCCC(NC(=O)c3cn(C)cn3)C2)n1. The number of hydrogen-bond donors (Lipinski definition) is 1. The van der Waals surface area contributed by atoms with Crippen LogP contribution in [0.2, 0.25) is 0 Å². The molecule has 0 radical (unpaired) electrons. The Kier molecular flexibility index (Phi) is 5.01. The van der Waals surface area contributed by atoms with Crippen molar-refractivity contribution in [3.63, 3.8) is 0 Å². The number of methoxy groups -OCH3 is 2. The van der Waals surface area contributed by atoms with Crippen LogP contribution < -0.4 is 19.7 Å². The number of hydrogen-bond acceptors (Lipinski definition) is 7. The van der Waals surface area contributed by atoms with Gasteiger partial charge in [-0.25, -0.2) is 4.98 Å². The van der Waals surface area contributed by atoms with Crippen LogP contribution in [-0.4, -0.2) is 58.8 Å². The zero-order valence-corrected chi connectivity index (χ0v) is 14.6. The van der Waals surface area contributed by atoms with Crippen molar-refractivity contribution in [3.8, 4) is 11.8 Å². The van der Waals surface area contributed by atoms with Gasteiger partial charge in [-0.15, -0.1) is 0 Å². The quantitative estimate of drug-likeness (QED) is 0.848. The van der Waals surface area contributed by atoms with E-state index in [2.05, 4.69) is 20.3 Å². The number of anilines is 1. The molecule has 9 nitrogen and oxygen atoms in total. The average Bonchev–Trinajstić information content (AvgIpc) is 3.08. The first-order valence-electron chi connectivity index (χ1n) is 8.10. The Bertz CT molecular complexity index is 725.